The molecule has 4 N–H and O–H groups in total. The molecule has 0 atom stereocenters. The Labute approximate surface area is 194 Å². The number of nitrogens with one attached hydrogen (secondary N) is 1. The van der Waals surface area contributed by atoms with Gasteiger partial charge in [0.05, 0.1) is 6.54 Å². The number of hydrogen-bond acceptors (Lipinski definition) is 7. The second-order valence-corrected chi connectivity index (χ2v) is 8.00. The molecule has 0 unspecified atom stereocenters. The van der Waals surface area contributed by atoms with Gasteiger partial charge in [-0.15, -0.1) is 0 Å². The van der Waals surface area contributed by atoms with E-state index in [0.29, 0.717) is 29.5 Å². The molecule has 2 heterocycles. The van der Waals surface area contributed by atoms with E-state index < -0.39 is 16.9 Å². The van der Waals surface area contributed by atoms with Crippen molar-refractivity contribution in [2.45, 2.75) is 33.4 Å². The Morgan fingerprint density at radius 2 is 1.79 bits per heavy atom. The third-order valence-electron chi connectivity index (χ3n) is 5.87. The number of hydrogen-bond donors (Lipinski definition) is 3. The van der Waals surface area contributed by atoms with Crippen molar-refractivity contribution in [3.63, 3.8) is 0 Å². The van der Waals surface area contributed by atoms with E-state index in [9.17, 15) is 19.5 Å². The molecular weight excluding hydrogens is 436 g/mol. The summed E-state index contributed by atoms with van der Waals surface area (Å²) in [6.45, 7) is 4.51. The zero-order valence-corrected chi connectivity index (χ0v) is 19.0. The van der Waals surface area contributed by atoms with E-state index in [1.54, 1.807) is 11.0 Å². The monoisotopic (exact) mass is 462 g/mol. The van der Waals surface area contributed by atoms with Crippen molar-refractivity contribution in [3.05, 3.63) is 96.5 Å². The number of phenolic OH excluding ortho intramolecular Hbond substituents is 1. The highest BCUT2D eigenvalue weighted by Crippen LogP contribution is 2.28. The van der Waals surface area contributed by atoms with Crippen LogP contribution >= 0.6 is 0 Å². The van der Waals surface area contributed by atoms with Crippen molar-refractivity contribution >= 4 is 22.5 Å². The normalized spacial score (nSPS) is 11.1. The predicted octanol–water partition coefficient (Wildman–Crippen LogP) is 2.57. The number of H-pyrrole nitrogens is 1. The molecule has 0 amide bonds. The lowest BCUT2D eigenvalue weighted by Crippen LogP contribution is -2.38. The van der Waals surface area contributed by atoms with Gasteiger partial charge in [0.25, 0.3) is 5.56 Å². The van der Waals surface area contributed by atoms with E-state index >= 15 is 0 Å². The molecule has 9 nitrogen and oxygen atoms in total. The lowest BCUT2D eigenvalue weighted by Gasteiger charge is -2.25. The van der Waals surface area contributed by atoms with E-state index in [1.807, 2.05) is 44.2 Å². The smallest absolute Gasteiger partial charge is 0.336 e. The van der Waals surface area contributed by atoms with Crippen molar-refractivity contribution in [1.29, 1.82) is 0 Å². The van der Waals surface area contributed by atoms with Crippen molar-refractivity contribution in [2.75, 3.05) is 17.2 Å². The summed E-state index contributed by atoms with van der Waals surface area (Å²) >= 11 is 0. The van der Waals surface area contributed by atoms with Gasteiger partial charge in [-0.1, -0.05) is 37.3 Å². The lowest BCUT2D eigenvalue weighted by atomic mass is 10.0. The first kappa shape index (κ1) is 22.9. The van der Waals surface area contributed by atoms with Gasteiger partial charge in [-0.2, -0.15) is 0 Å². The van der Waals surface area contributed by atoms with Gasteiger partial charge in [-0.3, -0.25) is 14.3 Å². The van der Waals surface area contributed by atoms with Crippen LogP contribution in [0.15, 0.2) is 67.3 Å². The summed E-state index contributed by atoms with van der Waals surface area (Å²) in [4.78, 5) is 41.6. The largest absolute Gasteiger partial charge is 0.508 e. The number of aryl methyl sites for hydroxylation is 1. The van der Waals surface area contributed by atoms with Gasteiger partial charge in [-0.05, 0) is 36.1 Å². The van der Waals surface area contributed by atoms with E-state index in [2.05, 4.69) is 4.98 Å². The fourth-order valence-electron chi connectivity index (χ4n) is 4.08. The van der Waals surface area contributed by atoms with Crippen LogP contribution in [0.5, 0.6) is 5.75 Å². The summed E-state index contributed by atoms with van der Waals surface area (Å²) in [6, 6.07) is 13.9. The average molecular weight is 463 g/mol. The molecule has 2 aromatic carbocycles. The number of benzene rings is 2. The molecule has 4 rings (SSSR count). The third kappa shape index (κ3) is 4.32. The van der Waals surface area contributed by atoms with Crippen LogP contribution in [0.25, 0.3) is 11.0 Å². The number of aromatic hydroxyl groups is 1. The quantitative estimate of drug-likeness (QED) is 0.359. The second kappa shape index (κ2) is 9.30. The number of anilines is 2. The Hall–Kier alpha value is -4.27. The third-order valence-corrected chi connectivity index (χ3v) is 5.87. The minimum atomic E-state index is -0.604. The van der Waals surface area contributed by atoms with Crippen molar-refractivity contribution in [1.82, 2.24) is 9.55 Å². The Kier molecular flexibility index (Phi) is 6.27. The Morgan fingerprint density at radius 1 is 1.06 bits per heavy atom. The molecule has 0 aliphatic heterocycles. The van der Waals surface area contributed by atoms with Crippen LogP contribution in [-0.2, 0) is 19.5 Å². The van der Waals surface area contributed by atoms with Crippen LogP contribution in [0, 0.1) is 0 Å². The minimum Gasteiger partial charge on any atom is -0.508 e. The highest BCUT2D eigenvalue weighted by Gasteiger charge is 2.20. The number of rotatable bonds is 7. The zero-order valence-electron chi connectivity index (χ0n) is 19.0. The summed E-state index contributed by atoms with van der Waals surface area (Å²) in [5.41, 5.74) is 7.17. The zero-order chi connectivity index (χ0) is 24.4. The maximum atomic E-state index is 12.8. The molecule has 0 saturated carbocycles. The summed E-state index contributed by atoms with van der Waals surface area (Å²) in [6.07, 6.45) is 0.592. The van der Waals surface area contributed by atoms with E-state index in [0.717, 1.165) is 5.56 Å². The van der Waals surface area contributed by atoms with Crippen LogP contribution < -0.4 is 27.5 Å². The van der Waals surface area contributed by atoms with Gasteiger partial charge in [-0.25, -0.2) is 9.59 Å². The molecule has 176 valence electrons. The fraction of sp³-hybridized carbons (Fsp3) is 0.240. The Morgan fingerprint density at radius 3 is 2.47 bits per heavy atom. The molecule has 9 heteroatoms. The molecule has 0 bridgehead atoms. The van der Waals surface area contributed by atoms with E-state index in [-0.39, 0.29) is 35.9 Å². The van der Waals surface area contributed by atoms with E-state index in [4.69, 9.17) is 10.2 Å². The second-order valence-electron chi connectivity index (χ2n) is 8.00. The fourth-order valence-corrected chi connectivity index (χ4v) is 4.08. The molecule has 0 aliphatic carbocycles. The van der Waals surface area contributed by atoms with Gasteiger partial charge < -0.3 is 20.2 Å². The van der Waals surface area contributed by atoms with Crippen molar-refractivity contribution in [3.8, 4) is 5.75 Å². The molecule has 34 heavy (non-hydrogen) atoms. The number of nitrogens with two attached hydrogens (primary N) is 1. The van der Waals surface area contributed by atoms with Gasteiger partial charge in [0, 0.05) is 30.6 Å². The molecule has 0 radical (unpaired) electrons. The molecule has 0 saturated heterocycles. The van der Waals surface area contributed by atoms with Gasteiger partial charge in [0.1, 0.15) is 22.8 Å². The lowest BCUT2D eigenvalue weighted by molar-refractivity contribution is 0.466. The van der Waals surface area contributed by atoms with Gasteiger partial charge in [0.15, 0.2) is 0 Å². The Bertz CT molecular complexity index is 1520. The standard InChI is InChI=1S/C25H26N4O5/c1-3-16-10-18-17(11-21(31)34-20(18)12-19(16)30)14-28(4-2)22-23(26)29(25(33)27-24(22)32)13-15-8-6-5-7-9-15/h5-12,30H,3-4,13-14,26H2,1-2H3,(H,27,32,33). The van der Waals surface area contributed by atoms with Crippen molar-refractivity contribution < 1.29 is 9.52 Å². The molecule has 4 aromatic rings. The first-order valence-electron chi connectivity index (χ1n) is 11.0. The minimum absolute atomic E-state index is 0.0404. The summed E-state index contributed by atoms with van der Waals surface area (Å²) in [7, 11) is 0. The number of phenols is 1. The molecule has 2 aromatic heterocycles. The van der Waals surface area contributed by atoms with E-state index in [1.165, 1.54) is 16.7 Å². The highest BCUT2D eigenvalue weighted by atomic mass is 16.4. The molecule has 0 spiro atoms. The topological polar surface area (TPSA) is 135 Å². The number of aromatic amines is 1. The predicted molar refractivity (Wildman–Crippen MR) is 132 cm³/mol. The maximum absolute atomic E-state index is 12.8. The molecule has 0 fully saturated rings. The van der Waals surface area contributed by atoms with Crippen LogP contribution in [0.2, 0.25) is 0 Å². The van der Waals surface area contributed by atoms with Crippen LogP contribution in [0.3, 0.4) is 0 Å². The SMILES string of the molecule is CCc1cc2c(CN(CC)c3c(N)n(Cc4ccccc4)c(=O)[nH]c3=O)cc(=O)oc2cc1O. The average Bonchev–Trinajstić information content (AvgIpc) is 2.81. The Balaban J connectivity index is 1.82. The maximum Gasteiger partial charge on any atom is 0.336 e. The molecule has 0 aliphatic rings. The molecular formula is C25H26N4O5. The first-order valence-corrected chi connectivity index (χ1v) is 11.0. The number of aromatic nitrogens is 2. The van der Waals surface area contributed by atoms with Crippen molar-refractivity contribution in [2.24, 2.45) is 0 Å². The first-order chi connectivity index (χ1) is 16.3. The van der Waals surface area contributed by atoms with Gasteiger partial charge in [0.2, 0.25) is 0 Å². The summed E-state index contributed by atoms with van der Waals surface area (Å²) < 4.78 is 6.60. The number of fused-ring (bicyclic) bond motifs is 1. The number of nitrogens with zero attached hydrogens (tertiary/aromatic N) is 2. The highest BCUT2D eigenvalue weighted by molar-refractivity contribution is 5.83. The van der Waals surface area contributed by atoms with Crippen LogP contribution in [0.1, 0.15) is 30.5 Å². The van der Waals surface area contributed by atoms with Crippen LogP contribution in [-0.4, -0.2) is 21.2 Å². The van der Waals surface area contributed by atoms with Gasteiger partial charge >= 0.3 is 11.3 Å². The summed E-state index contributed by atoms with van der Waals surface area (Å²) in [5, 5.41) is 10.8. The van der Waals surface area contributed by atoms with Crippen LogP contribution in [0.4, 0.5) is 11.5 Å². The summed E-state index contributed by atoms with van der Waals surface area (Å²) in [5.74, 6) is 0.0925. The number of nitrogen functional groups attached to an aromatic ring is 1.